The lowest BCUT2D eigenvalue weighted by molar-refractivity contribution is -0.154. The predicted octanol–water partition coefficient (Wildman–Crippen LogP) is 3.31. The maximum Gasteiger partial charge on any atom is 0.329 e. The third kappa shape index (κ3) is 7.31. The van der Waals surface area contributed by atoms with E-state index in [1.165, 1.54) is 6.92 Å². The van der Waals surface area contributed by atoms with Crippen LogP contribution in [-0.4, -0.2) is 36.0 Å². The number of nitrogens with zero attached hydrogens (tertiary/aromatic N) is 1. The van der Waals surface area contributed by atoms with Gasteiger partial charge in [-0.15, -0.1) is 6.58 Å². The molecule has 0 heterocycles. The van der Waals surface area contributed by atoms with Crippen LogP contribution >= 0.6 is 0 Å². The summed E-state index contributed by atoms with van der Waals surface area (Å²) in [5.41, 5.74) is 0.878. The van der Waals surface area contributed by atoms with Crippen molar-refractivity contribution in [2.45, 2.75) is 65.8 Å². The highest BCUT2D eigenvalue weighted by Crippen LogP contribution is 2.14. The molecule has 20 heavy (non-hydrogen) atoms. The van der Waals surface area contributed by atoms with Gasteiger partial charge in [0.05, 0.1) is 6.61 Å². The van der Waals surface area contributed by atoms with E-state index in [2.05, 4.69) is 13.5 Å². The summed E-state index contributed by atoms with van der Waals surface area (Å²) in [6.07, 6.45) is 4.75. The van der Waals surface area contributed by atoms with Crippen LogP contribution in [0.4, 0.5) is 0 Å². The molecule has 0 radical (unpaired) electrons. The average Bonchev–Trinajstić information content (AvgIpc) is 2.36. The summed E-state index contributed by atoms with van der Waals surface area (Å²) in [4.78, 5) is 25.5. The first-order valence-corrected chi connectivity index (χ1v) is 7.52. The van der Waals surface area contributed by atoms with E-state index >= 15 is 0 Å². The molecular weight excluding hydrogens is 254 g/mol. The van der Waals surface area contributed by atoms with Crippen LogP contribution in [-0.2, 0) is 14.3 Å². The Balaban J connectivity index is 4.77. The number of hydrogen-bond acceptors (Lipinski definition) is 3. The minimum Gasteiger partial charge on any atom is -0.464 e. The molecule has 0 N–H and O–H groups in total. The number of rotatable bonds is 10. The lowest BCUT2D eigenvalue weighted by Crippen LogP contribution is -2.45. The molecule has 0 aliphatic rings. The first kappa shape index (κ1) is 18.7. The van der Waals surface area contributed by atoms with Crippen molar-refractivity contribution in [3.8, 4) is 0 Å². The lowest BCUT2D eigenvalue weighted by Gasteiger charge is -2.29. The van der Waals surface area contributed by atoms with E-state index in [1.807, 2.05) is 6.92 Å². The molecule has 0 aromatic rings. The van der Waals surface area contributed by atoms with Crippen LogP contribution in [0.3, 0.4) is 0 Å². The number of ether oxygens (including phenoxy) is 1. The molecule has 0 spiro atoms. The number of amides is 1. The molecule has 0 aromatic carbocycles. The van der Waals surface area contributed by atoms with Crippen LogP contribution in [0.15, 0.2) is 12.2 Å². The molecular formula is C16H29NO3. The van der Waals surface area contributed by atoms with Crippen molar-refractivity contribution in [2.75, 3.05) is 13.2 Å². The monoisotopic (exact) mass is 283 g/mol. The van der Waals surface area contributed by atoms with Crippen molar-refractivity contribution in [3.05, 3.63) is 12.2 Å². The molecule has 0 saturated heterocycles. The van der Waals surface area contributed by atoms with Crippen LogP contribution in [0, 0.1) is 0 Å². The van der Waals surface area contributed by atoms with Crippen molar-refractivity contribution in [1.29, 1.82) is 0 Å². The highest BCUT2D eigenvalue weighted by atomic mass is 16.5. The maximum absolute atomic E-state index is 12.1. The van der Waals surface area contributed by atoms with E-state index < -0.39 is 6.04 Å². The van der Waals surface area contributed by atoms with Gasteiger partial charge in [-0.3, -0.25) is 4.79 Å². The molecule has 1 unspecified atom stereocenters. The van der Waals surface area contributed by atoms with Crippen molar-refractivity contribution in [3.63, 3.8) is 0 Å². The fourth-order valence-electron chi connectivity index (χ4n) is 2.13. The second kappa shape index (κ2) is 10.5. The fraction of sp³-hybridized carbons (Fsp3) is 0.750. The summed E-state index contributed by atoms with van der Waals surface area (Å²) in [5, 5.41) is 0. The third-order valence-electron chi connectivity index (χ3n) is 3.13. The van der Waals surface area contributed by atoms with Crippen molar-refractivity contribution >= 4 is 11.9 Å². The van der Waals surface area contributed by atoms with Crippen LogP contribution in [0.2, 0.25) is 0 Å². The minimum absolute atomic E-state index is 0.0826. The van der Waals surface area contributed by atoms with Gasteiger partial charge in [-0.05, 0) is 26.7 Å². The molecule has 0 saturated carbocycles. The Kier molecular flexibility index (Phi) is 9.77. The molecule has 0 fully saturated rings. The standard InChI is InChI=1S/C16H29NO3/c1-6-8-9-10-11-17(14(5)18)15(12-13(3)4)16(19)20-7-2/h15H,3,6-12H2,1-2,4-5H3. The molecule has 1 amide bonds. The molecule has 4 heteroatoms. The predicted molar refractivity (Wildman–Crippen MR) is 81.4 cm³/mol. The molecule has 0 aliphatic heterocycles. The van der Waals surface area contributed by atoms with E-state index in [9.17, 15) is 9.59 Å². The Morgan fingerprint density at radius 2 is 1.80 bits per heavy atom. The van der Waals surface area contributed by atoms with Crippen molar-refractivity contribution in [2.24, 2.45) is 0 Å². The number of carbonyl (C=O) groups excluding carboxylic acids is 2. The van der Waals surface area contributed by atoms with Gasteiger partial charge < -0.3 is 9.64 Å². The van der Waals surface area contributed by atoms with E-state index in [-0.39, 0.29) is 11.9 Å². The molecule has 116 valence electrons. The van der Waals surface area contributed by atoms with Gasteiger partial charge >= 0.3 is 5.97 Å². The average molecular weight is 283 g/mol. The number of hydrogen-bond donors (Lipinski definition) is 0. The van der Waals surface area contributed by atoms with Gasteiger partial charge in [0, 0.05) is 13.5 Å². The molecule has 0 aromatic heterocycles. The van der Waals surface area contributed by atoms with Gasteiger partial charge in [0.15, 0.2) is 0 Å². The number of carbonyl (C=O) groups is 2. The zero-order chi connectivity index (χ0) is 15.5. The van der Waals surface area contributed by atoms with Crippen LogP contribution in [0.1, 0.15) is 59.8 Å². The molecule has 4 nitrogen and oxygen atoms in total. The zero-order valence-corrected chi connectivity index (χ0v) is 13.4. The molecule has 0 bridgehead atoms. The van der Waals surface area contributed by atoms with Crippen LogP contribution < -0.4 is 0 Å². The van der Waals surface area contributed by atoms with E-state index in [4.69, 9.17) is 4.74 Å². The smallest absolute Gasteiger partial charge is 0.329 e. The Hall–Kier alpha value is -1.32. The number of unbranched alkanes of at least 4 members (excludes halogenated alkanes) is 3. The lowest BCUT2D eigenvalue weighted by atomic mass is 10.1. The van der Waals surface area contributed by atoms with Crippen molar-refractivity contribution < 1.29 is 14.3 Å². The third-order valence-corrected chi connectivity index (χ3v) is 3.13. The summed E-state index contributed by atoms with van der Waals surface area (Å²) in [7, 11) is 0. The quantitative estimate of drug-likeness (QED) is 0.351. The molecule has 0 rings (SSSR count). The number of esters is 1. The van der Waals surface area contributed by atoms with Gasteiger partial charge in [0.25, 0.3) is 0 Å². The first-order chi connectivity index (χ1) is 9.43. The molecule has 1 atom stereocenters. The minimum atomic E-state index is -0.536. The van der Waals surface area contributed by atoms with Gasteiger partial charge in [0.2, 0.25) is 5.91 Å². The second-order valence-corrected chi connectivity index (χ2v) is 5.20. The van der Waals surface area contributed by atoms with E-state index in [0.717, 1.165) is 31.3 Å². The fourth-order valence-corrected chi connectivity index (χ4v) is 2.13. The highest BCUT2D eigenvalue weighted by molar-refractivity contribution is 5.83. The van der Waals surface area contributed by atoms with E-state index in [1.54, 1.807) is 11.8 Å². The topological polar surface area (TPSA) is 46.6 Å². The zero-order valence-electron chi connectivity index (χ0n) is 13.4. The summed E-state index contributed by atoms with van der Waals surface area (Å²) in [5.74, 6) is -0.415. The second-order valence-electron chi connectivity index (χ2n) is 5.20. The van der Waals surface area contributed by atoms with Gasteiger partial charge in [-0.1, -0.05) is 31.8 Å². The van der Waals surface area contributed by atoms with Gasteiger partial charge in [0.1, 0.15) is 6.04 Å². The Labute approximate surface area is 123 Å². The Morgan fingerprint density at radius 1 is 1.15 bits per heavy atom. The van der Waals surface area contributed by atoms with Gasteiger partial charge in [-0.2, -0.15) is 0 Å². The summed E-state index contributed by atoms with van der Waals surface area (Å²) < 4.78 is 5.09. The normalized spacial score (nSPS) is 11.8. The largest absolute Gasteiger partial charge is 0.464 e. The Morgan fingerprint density at radius 3 is 2.25 bits per heavy atom. The SMILES string of the molecule is C=C(C)CC(C(=O)OCC)N(CCCCCC)C(C)=O. The molecule has 0 aliphatic carbocycles. The van der Waals surface area contributed by atoms with E-state index in [0.29, 0.717) is 19.6 Å². The van der Waals surface area contributed by atoms with Crippen molar-refractivity contribution in [1.82, 2.24) is 4.90 Å². The first-order valence-electron chi connectivity index (χ1n) is 7.52. The van der Waals surface area contributed by atoms with Crippen LogP contribution in [0.25, 0.3) is 0 Å². The van der Waals surface area contributed by atoms with Gasteiger partial charge in [-0.25, -0.2) is 4.79 Å². The highest BCUT2D eigenvalue weighted by Gasteiger charge is 2.28. The summed E-state index contributed by atoms with van der Waals surface area (Å²) in [6.45, 7) is 12.1. The maximum atomic E-state index is 12.1. The summed E-state index contributed by atoms with van der Waals surface area (Å²) >= 11 is 0. The summed E-state index contributed by atoms with van der Waals surface area (Å²) in [6, 6.07) is -0.536. The van der Waals surface area contributed by atoms with Crippen LogP contribution in [0.5, 0.6) is 0 Å². The Bertz CT molecular complexity index is 326.